The van der Waals surface area contributed by atoms with Crippen LogP contribution in [0.1, 0.15) is 38.1 Å². The van der Waals surface area contributed by atoms with Crippen LogP contribution in [0.25, 0.3) is 0 Å². The highest BCUT2D eigenvalue weighted by Crippen LogP contribution is 2.25. The maximum atomic E-state index is 12.6. The average Bonchev–Trinajstić information content (AvgIpc) is 3.18. The molecule has 3 rings (SSSR count). The van der Waals surface area contributed by atoms with Crippen molar-refractivity contribution < 1.29 is 4.79 Å². The summed E-state index contributed by atoms with van der Waals surface area (Å²) in [6.45, 7) is 9.85. The Morgan fingerprint density at radius 3 is 2.73 bits per heavy atom. The Morgan fingerprint density at radius 1 is 1.38 bits per heavy atom. The van der Waals surface area contributed by atoms with Gasteiger partial charge in [-0.2, -0.15) is 5.10 Å². The fourth-order valence-corrected chi connectivity index (χ4v) is 3.47. The summed E-state index contributed by atoms with van der Waals surface area (Å²) < 4.78 is 3.78. The van der Waals surface area contributed by atoms with Gasteiger partial charge in [0.2, 0.25) is 5.91 Å². The van der Waals surface area contributed by atoms with Crippen LogP contribution in [0.4, 0.5) is 5.82 Å². The molecule has 8 nitrogen and oxygen atoms in total. The summed E-state index contributed by atoms with van der Waals surface area (Å²) in [6.07, 6.45) is 3.78. The van der Waals surface area contributed by atoms with Crippen LogP contribution in [0.15, 0.2) is 18.6 Å². The number of aromatic nitrogens is 4. The van der Waals surface area contributed by atoms with E-state index < -0.39 is 0 Å². The normalized spacial score (nSPS) is 21.3. The number of carbonyl (C=O) groups is 1. The molecule has 142 valence electrons. The molecule has 1 fully saturated rings. The molecule has 0 spiro atoms. The third kappa shape index (κ3) is 3.96. The average molecular weight is 359 g/mol. The van der Waals surface area contributed by atoms with Crippen molar-refractivity contribution in [1.82, 2.24) is 24.2 Å². The van der Waals surface area contributed by atoms with Gasteiger partial charge in [0, 0.05) is 44.4 Å². The van der Waals surface area contributed by atoms with Gasteiger partial charge in [-0.1, -0.05) is 0 Å². The molecule has 26 heavy (non-hydrogen) atoms. The first-order chi connectivity index (χ1) is 12.1. The van der Waals surface area contributed by atoms with Gasteiger partial charge in [-0.15, -0.1) is 0 Å². The van der Waals surface area contributed by atoms with Crippen LogP contribution in [0.3, 0.4) is 0 Å². The number of imidazole rings is 1. The number of nitrogens with two attached hydrogens (primary N) is 1. The number of likely N-dealkylation sites (tertiary alicyclic amines) is 1. The highest BCUT2D eigenvalue weighted by molar-refractivity contribution is 5.91. The lowest BCUT2D eigenvalue weighted by Crippen LogP contribution is -2.35. The van der Waals surface area contributed by atoms with Gasteiger partial charge in [0.25, 0.3) is 0 Å². The molecule has 0 bridgehead atoms. The van der Waals surface area contributed by atoms with Crippen molar-refractivity contribution in [2.75, 3.05) is 25.0 Å². The molecule has 1 aliphatic rings. The van der Waals surface area contributed by atoms with Crippen molar-refractivity contribution in [1.29, 1.82) is 0 Å². The molecule has 1 aliphatic heterocycles. The minimum absolute atomic E-state index is 0.0138. The highest BCUT2D eigenvalue weighted by Gasteiger charge is 2.33. The number of hydrogen-bond donors (Lipinski definition) is 2. The third-order valence-electron chi connectivity index (χ3n) is 4.65. The van der Waals surface area contributed by atoms with Gasteiger partial charge < -0.3 is 15.6 Å². The van der Waals surface area contributed by atoms with Crippen molar-refractivity contribution in [3.05, 3.63) is 30.0 Å². The van der Waals surface area contributed by atoms with Crippen LogP contribution in [-0.4, -0.2) is 55.8 Å². The molecule has 3 heterocycles. The Morgan fingerprint density at radius 2 is 2.12 bits per heavy atom. The number of hydrogen-bond acceptors (Lipinski definition) is 5. The van der Waals surface area contributed by atoms with E-state index in [1.807, 2.05) is 35.5 Å². The second kappa shape index (κ2) is 6.85. The number of amides is 1. The molecule has 0 saturated carbocycles. The van der Waals surface area contributed by atoms with E-state index in [1.54, 1.807) is 6.33 Å². The predicted octanol–water partition coefficient (Wildman–Crippen LogP) is 1.05. The highest BCUT2D eigenvalue weighted by atomic mass is 16.2. The van der Waals surface area contributed by atoms with E-state index in [-0.39, 0.29) is 23.4 Å². The molecule has 2 atom stereocenters. The lowest BCUT2D eigenvalue weighted by Gasteiger charge is -2.23. The van der Waals surface area contributed by atoms with Crippen LogP contribution in [0.5, 0.6) is 0 Å². The van der Waals surface area contributed by atoms with E-state index in [1.165, 1.54) is 0 Å². The van der Waals surface area contributed by atoms with E-state index in [2.05, 4.69) is 41.1 Å². The quantitative estimate of drug-likeness (QED) is 0.851. The van der Waals surface area contributed by atoms with E-state index >= 15 is 0 Å². The first-order valence-corrected chi connectivity index (χ1v) is 8.96. The van der Waals surface area contributed by atoms with Gasteiger partial charge in [-0.3, -0.25) is 9.69 Å². The number of rotatable bonds is 4. The molecule has 1 amide bonds. The summed E-state index contributed by atoms with van der Waals surface area (Å²) in [5.41, 5.74) is 7.96. The lowest BCUT2D eigenvalue weighted by molar-refractivity contribution is -0.117. The molecule has 0 aromatic carbocycles. The van der Waals surface area contributed by atoms with Crippen LogP contribution in [-0.2, 0) is 17.4 Å². The molecule has 2 aromatic rings. The Hall–Kier alpha value is -2.19. The first kappa shape index (κ1) is 18.6. The van der Waals surface area contributed by atoms with E-state index in [4.69, 9.17) is 5.73 Å². The van der Waals surface area contributed by atoms with Crippen LogP contribution in [0.2, 0.25) is 0 Å². The van der Waals surface area contributed by atoms with Gasteiger partial charge in [0.15, 0.2) is 0 Å². The molecule has 0 aliphatic carbocycles. The summed E-state index contributed by atoms with van der Waals surface area (Å²) in [4.78, 5) is 19.1. The van der Waals surface area contributed by atoms with Crippen molar-refractivity contribution in [3.8, 4) is 0 Å². The molecular weight excluding hydrogens is 330 g/mol. The molecule has 0 unspecified atom stereocenters. The summed E-state index contributed by atoms with van der Waals surface area (Å²) in [7, 11) is 1.95. The minimum atomic E-state index is -0.197. The largest absolute Gasteiger partial charge is 0.340 e. The third-order valence-corrected chi connectivity index (χ3v) is 4.65. The SMILES string of the molecule is Cc1cc(NC(=O)CN2C[C@@H](N)[C@H](c3cn(C)cn3)C2)n(C(C)(C)C)n1. The van der Waals surface area contributed by atoms with Crippen molar-refractivity contribution in [3.63, 3.8) is 0 Å². The van der Waals surface area contributed by atoms with E-state index in [0.717, 1.165) is 23.8 Å². The number of aryl methyl sites for hydroxylation is 2. The number of nitrogens with zero attached hydrogens (tertiary/aromatic N) is 5. The molecule has 3 N–H and O–H groups in total. The summed E-state index contributed by atoms with van der Waals surface area (Å²) >= 11 is 0. The van der Waals surface area contributed by atoms with Gasteiger partial charge in [-0.25, -0.2) is 9.67 Å². The Kier molecular flexibility index (Phi) is 4.90. The second-order valence-corrected chi connectivity index (χ2v) is 8.23. The second-order valence-electron chi connectivity index (χ2n) is 8.23. The maximum absolute atomic E-state index is 12.6. The standard InChI is InChI=1S/C18H29N7O/c1-12-6-16(25(22-12)18(2,3)4)21-17(26)10-24-7-13(14(19)8-24)15-9-23(5)11-20-15/h6,9,11,13-14H,7-8,10,19H2,1-5H3,(H,21,26)/t13-,14-/m1/s1. The maximum Gasteiger partial charge on any atom is 0.239 e. The van der Waals surface area contributed by atoms with E-state index in [9.17, 15) is 4.79 Å². The van der Waals surface area contributed by atoms with Gasteiger partial charge in [0.05, 0.1) is 29.8 Å². The van der Waals surface area contributed by atoms with Crippen molar-refractivity contribution >= 4 is 11.7 Å². The van der Waals surface area contributed by atoms with E-state index in [0.29, 0.717) is 13.1 Å². The monoisotopic (exact) mass is 359 g/mol. The summed E-state index contributed by atoms with van der Waals surface area (Å²) in [6, 6.07) is 1.88. The number of carbonyl (C=O) groups excluding carboxylic acids is 1. The Bertz CT molecular complexity index is 786. The van der Waals surface area contributed by atoms with Crippen LogP contribution >= 0.6 is 0 Å². The fourth-order valence-electron chi connectivity index (χ4n) is 3.47. The van der Waals surface area contributed by atoms with Crippen LogP contribution < -0.4 is 11.1 Å². The molecule has 1 saturated heterocycles. The Balaban J connectivity index is 1.63. The zero-order valence-corrected chi connectivity index (χ0v) is 16.2. The van der Waals surface area contributed by atoms with Crippen molar-refractivity contribution in [2.45, 2.75) is 45.2 Å². The number of nitrogens with one attached hydrogen (secondary N) is 1. The lowest BCUT2D eigenvalue weighted by atomic mass is 10.0. The Labute approximate surface area is 154 Å². The molecular formula is C18H29N7O. The zero-order chi connectivity index (χ0) is 19.1. The van der Waals surface area contributed by atoms with Crippen LogP contribution in [0, 0.1) is 6.92 Å². The number of anilines is 1. The predicted molar refractivity (Wildman–Crippen MR) is 101 cm³/mol. The fraction of sp³-hybridized carbons (Fsp3) is 0.611. The van der Waals surface area contributed by atoms with Crippen molar-refractivity contribution in [2.24, 2.45) is 12.8 Å². The van der Waals surface area contributed by atoms with Gasteiger partial charge in [0.1, 0.15) is 5.82 Å². The topological polar surface area (TPSA) is 94.0 Å². The van der Waals surface area contributed by atoms with Gasteiger partial charge >= 0.3 is 0 Å². The zero-order valence-electron chi connectivity index (χ0n) is 16.2. The molecule has 2 aromatic heterocycles. The summed E-state index contributed by atoms with van der Waals surface area (Å²) in [5, 5.41) is 7.49. The van der Waals surface area contributed by atoms with Gasteiger partial charge in [-0.05, 0) is 27.7 Å². The molecule has 8 heteroatoms. The molecule has 0 radical (unpaired) electrons. The smallest absolute Gasteiger partial charge is 0.239 e. The first-order valence-electron chi connectivity index (χ1n) is 8.96. The minimum Gasteiger partial charge on any atom is -0.340 e. The summed E-state index contributed by atoms with van der Waals surface area (Å²) in [5.74, 6) is 0.834.